The van der Waals surface area contributed by atoms with Crippen molar-refractivity contribution < 1.29 is 0 Å². The summed E-state index contributed by atoms with van der Waals surface area (Å²) in [4.78, 5) is 0. The molecule has 2 aromatic carbocycles. The van der Waals surface area contributed by atoms with E-state index in [0.717, 1.165) is 16.9 Å². The molecular weight excluding hydrogens is 267 g/mol. The van der Waals surface area contributed by atoms with Crippen molar-refractivity contribution in [1.82, 2.24) is 0 Å². The van der Waals surface area contributed by atoms with Crippen LogP contribution in [0.1, 0.15) is 11.1 Å². The normalized spacial score (nSPS) is 9.89. The van der Waals surface area contributed by atoms with Gasteiger partial charge in [-0.3, -0.25) is 0 Å². The Morgan fingerprint density at radius 3 is 2.22 bits per heavy atom. The largest absolute Gasteiger partial charge is 0.354 e. The van der Waals surface area contributed by atoms with Gasteiger partial charge in [-0.15, -0.1) is 0 Å². The van der Waals surface area contributed by atoms with Crippen LogP contribution in [0, 0.1) is 18.3 Å². The highest BCUT2D eigenvalue weighted by molar-refractivity contribution is 6.31. The minimum Gasteiger partial charge on any atom is -0.354 e. The molecule has 0 saturated carbocycles. The van der Waals surface area contributed by atoms with Gasteiger partial charge in [-0.05, 0) is 48.9 Å². The van der Waals surface area contributed by atoms with Crippen LogP contribution in [0.3, 0.4) is 0 Å². The molecule has 0 aliphatic heterocycles. The van der Waals surface area contributed by atoms with Gasteiger partial charge < -0.3 is 5.32 Å². The highest BCUT2D eigenvalue weighted by Crippen LogP contribution is 2.27. The van der Waals surface area contributed by atoms with Crippen LogP contribution in [0.4, 0.5) is 11.4 Å². The predicted octanol–water partition coefficient (Wildman–Crippen LogP) is 4.92. The Bertz CT molecular complexity index is 630. The molecule has 2 rings (SSSR count). The molecule has 0 spiro atoms. The molecule has 2 aromatic rings. The second-order valence-electron chi connectivity index (χ2n) is 3.89. The Kier molecular flexibility index (Phi) is 3.76. The second kappa shape index (κ2) is 5.30. The summed E-state index contributed by atoms with van der Waals surface area (Å²) in [5, 5.41) is 13.5. The van der Waals surface area contributed by atoms with E-state index in [1.807, 2.05) is 19.1 Å². The lowest BCUT2D eigenvalue weighted by atomic mass is 10.1. The Morgan fingerprint density at radius 1 is 1.00 bits per heavy atom. The summed E-state index contributed by atoms with van der Waals surface area (Å²) in [6, 6.07) is 12.8. The summed E-state index contributed by atoms with van der Waals surface area (Å²) < 4.78 is 0. The molecule has 0 aliphatic rings. The van der Waals surface area contributed by atoms with Gasteiger partial charge in [0.2, 0.25) is 0 Å². The quantitative estimate of drug-likeness (QED) is 0.845. The zero-order valence-corrected chi connectivity index (χ0v) is 11.2. The summed E-state index contributed by atoms with van der Waals surface area (Å²) in [5.74, 6) is 0. The van der Waals surface area contributed by atoms with Gasteiger partial charge in [0.25, 0.3) is 0 Å². The van der Waals surface area contributed by atoms with Crippen LogP contribution in [-0.2, 0) is 0 Å². The van der Waals surface area contributed by atoms with Gasteiger partial charge in [-0.2, -0.15) is 5.26 Å². The maximum Gasteiger partial charge on any atom is 0.101 e. The van der Waals surface area contributed by atoms with E-state index >= 15 is 0 Å². The van der Waals surface area contributed by atoms with Crippen LogP contribution in [0.2, 0.25) is 10.0 Å². The van der Waals surface area contributed by atoms with E-state index in [4.69, 9.17) is 28.5 Å². The van der Waals surface area contributed by atoms with Crippen molar-refractivity contribution in [3.05, 3.63) is 57.6 Å². The third kappa shape index (κ3) is 2.76. The highest BCUT2D eigenvalue weighted by Gasteiger charge is 2.05. The summed E-state index contributed by atoms with van der Waals surface area (Å²) >= 11 is 11.8. The molecule has 0 radical (unpaired) electrons. The van der Waals surface area contributed by atoms with Crippen molar-refractivity contribution in [2.75, 3.05) is 5.32 Å². The monoisotopic (exact) mass is 276 g/mol. The SMILES string of the molecule is Cc1cc(Cl)ccc1Nc1ccc(Cl)cc1C#N. The first-order valence-electron chi connectivity index (χ1n) is 5.33. The van der Waals surface area contributed by atoms with Crippen molar-refractivity contribution in [2.45, 2.75) is 6.92 Å². The maximum atomic E-state index is 9.06. The number of anilines is 2. The molecule has 0 atom stereocenters. The third-order valence-corrected chi connectivity index (χ3v) is 3.03. The van der Waals surface area contributed by atoms with Crippen LogP contribution in [0.5, 0.6) is 0 Å². The molecule has 0 unspecified atom stereocenters. The van der Waals surface area contributed by atoms with Crippen molar-refractivity contribution in [3.63, 3.8) is 0 Å². The molecule has 90 valence electrons. The second-order valence-corrected chi connectivity index (χ2v) is 4.76. The zero-order chi connectivity index (χ0) is 13.1. The minimum atomic E-state index is 0.511. The van der Waals surface area contributed by atoms with E-state index in [9.17, 15) is 0 Å². The molecule has 2 nitrogen and oxygen atoms in total. The number of halogens is 2. The first-order chi connectivity index (χ1) is 8.60. The smallest absolute Gasteiger partial charge is 0.101 e. The minimum absolute atomic E-state index is 0.511. The molecule has 1 N–H and O–H groups in total. The number of hydrogen-bond acceptors (Lipinski definition) is 2. The fourth-order valence-electron chi connectivity index (χ4n) is 1.63. The average Bonchev–Trinajstić information content (AvgIpc) is 2.34. The number of nitrogens with one attached hydrogen (secondary N) is 1. The van der Waals surface area contributed by atoms with Gasteiger partial charge in [0.1, 0.15) is 6.07 Å². The Labute approximate surface area is 116 Å². The number of aryl methyl sites for hydroxylation is 1. The molecular formula is C14H10Cl2N2. The Balaban J connectivity index is 2.37. The number of rotatable bonds is 2. The van der Waals surface area contributed by atoms with Gasteiger partial charge >= 0.3 is 0 Å². The molecule has 18 heavy (non-hydrogen) atoms. The van der Waals surface area contributed by atoms with Crippen LogP contribution in [0.15, 0.2) is 36.4 Å². The van der Waals surface area contributed by atoms with Crippen LogP contribution in [0.25, 0.3) is 0 Å². The number of hydrogen-bond donors (Lipinski definition) is 1. The zero-order valence-electron chi connectivity index (χ0n) is 9.67. The van der Waals surface area contributed by atoms with Crippen molar-refractivity contribution >= 4 is 34.6 Å². The standard InChI is InChI=1S/C14H10Cl2N2/c1-9-6-11(15)2-4-13(9)18-14-5-3-12(16)7-10(14)8-17/h2-7,18H,1H3. The summed E-state index contributed by atoms with van der Waals surface area (Å²) in [6.07, 6.45) is 0. The molecule has 0 aromatic heterocycles. The number of nitrogens with zero attached hydrogens (tertiary/aromatic N) is 1. The predicted molar refractivity (Wildman–Crippen MR) is 75.6 cm³/mol. The fraction of sp³-hybridized carbons (Fsp3) is 0.0714. The van der Waals surface area contributed by atoms with E-state index in [0.29, 0.717) is 15.6 Å². The van der Waals surface area contributed by atoms with Gasteiger partial charge in [0, 0.05) is 15.7 Å². The molecule has 0 bridgehead atoms. The van der Waals surface area contributed by atoms with E-state index in [-0.39, 0.29) is 0 Å². The molecule has 0 heterocycles. The van der Waals surface area contributed by atoms with Crippen molar-refractivity contribution in [2.24, 2.45) is 0 Å². The van der Waals surface area contributed by atoms with E-state index in [1.54, 1.807) is 24.3 Å². The molecule has 0 saturated heterocycles. The summed E-state index contributed by atoms with van der Waals surface area (Å²) in [7, 11) is 0. The summed E-state index contributed by atoms with van der Waals surface area (Å²) in [6.45, 7) is 1.95. The first-order valence-corrected chi connectivity index (χ1v) is 6.08. The number of benzene rings is 2. The third-order valence-electron chi connectivity index (χ3n) is 2.56. The van der Waals surface area contributed by atoms with Crippen LogP contribution < -0.4 is 5.32 Å². The number of nitriles is 1. The lowest BCUT2D eigenvalue weighted by molar-refractivity contribution is 1.41. The molecule has 0 fully saturated rings. The Morgan fingerprint density at radius 2 is 1.61 bits per heavy atom. The first kappa shape index (κ1) is 12.8. The average molecular weight is 277 g/mol. The highest BCUT2D eigenvalue weighted by atomic mass is 35.5. The van der Waals surface area contributed by atoms with Gasteiger partial charge in [-0.25, -0.2) is 0 Å². The molecule has 4 heteroatoms. The summed E-state index contributed by atoms with van der Waals surface area (Å²) in [5.41, 5.74) is 3.17. The van der Waals surface area contributed by atoms with E-state index in [1.165, 1.54) is 0 Å². The van der Waals surface area contributed by atoms with E-state index < -0.39 is 0 Å². The van der Waals surface area contributed by atoms with Gasteiger partial charge in [0.05, 0.1) is 11.3 Å². The van der Waals surface area contributed by atoms with Gasteiger partial charge in [0.15, 0.2) is 0 Å². The maximum absolute atomic E-state index is 9.06. The van der Waals surface area contributed by atoms with Crippen molar-refractivity contribution in [3.8, 4) is 6.07 Å². The Hall–Kier alpha value is -1.69. The lowest BCUT2D eigenvalue weighted by Crippen LogP contribution is -1.95. The van der Waals surface area contributed by atoms with Gasteiger partial charge in [-0.1, -0.05) is 23.2 Å². The fourth-order valence-corrected chi connectivity index (χ4v) is 2.03. The molecule has 0 aliphatic carbocycles. The van der Waals surface area contributed by atoms with Crippen molar-refractivity contribution in [1.29, 1.82) is 5.26 Å². The van der Waals surface area contributed by atoms with E-state index in [2.05, 4.69) is 11.4 Å². The lowest BCUT2D eigenvalue weighted by Gasteiger charge is -2.11. The molecule has 0 amide bonds. The van der Waals surface area contributed by atoms with Crippen LogP contribution >= 0.6 is 23.2 Å². The topological polar surface area (TPSA) is 35.8 Å². The van der Waals surface area contributed by atoms with Crippen LogP contribution in [-0.4, -0.2) is 0 Å².